The first-order valence-corrected chi connectivity index (χ1v) is 10.4. The second-order valence-corrected chi connectivity index (χ2v) is 8.24. The van der Waals surface area contributed by atoms with Crippen molar-refractivity contribution in [3.63, 3.8) is 0 Å². The highest BCUT2D eigenvalue weighted by Gasteiger charge is 2.36. The van der Waals surface area contributed by atoms with Gasteiger partial charge in [-0.15, -0.1) is 15.3 Å². The van der Waals surface area contributed by atoms with Crippen LogP contribution in [0.15, 0.2) is 24.3 Å². The molecule has 5 rings (SSSR count). The zero-order valence-corrected chi connectivity index (χ0v) is 16.3. The van der Waals surface area contributed by atoms with Gasteiger partial charge in [-0.05, 0) is 25.0 Å². The van der Waals surface area contributed by atoms with Gasteiger partial charge in [-0.25, -0.2) is 0 Å². The molecule has 3 heterocycles. The third-order valence-electron chi connectivity index (χ3n) is 5.41. The number of nitrogens with one attached hydrogen (secondary N) is 1. The Bertz CT molecular complexity index is 1100. The Labute approximate surface area is 169 Å². The van der Waals surface area contributed by atoms with E-state index in [9.17, 15) is 14.4 Å². The van der Waals surface area contributed by atoms with Gasteiger partial charge in [0.25, 0.3) is 11.8 Å². The lowest BCUT2D eigenvalue weighted by Gasteiger charge is -2.18. The number of hydrogen-bond donors (Lipinski definition) is 1. The van der Waals surface area contributed by atoms with Crippen molar-refractivity contribution < 1.29 is 14.4 Å². The van der Waals surface area contributed by atoms with Gasteiger partial charge >= 0.3 is 0 Å². The predicted molar refractivity (Wildman–Crippen MR) is 105 cm³/mol. The lowest BCUT2D eigenvalue weighted by atomic mass is 9.89. The minimum atomic E-state index is -0.483. The molecule has 0 spiro atoms. The van der Waals surface area contributed by atoms with Crippen LogP contribution in [-0.2, 0) is 4.79 Å². The minimum absolute atomic E-state index is 0.321. The van der Waals surface area contributed by atoms with Crippen LogP contribution < -0.4 is 5.32 Å². The fourth-order valence-corrected chi connectivity index (χ4v) is 4.75. The number of aromatic nitrogens is 4. The Balaban J connectivity index is 1.30. The molecular weight excluding hydrogens is 392 g/mol. The molecule has 1 aliphatic carbocycles. The molecule has 2 aromatic heterocycles. The summed E-state index contributed by atoms with van der Waals surface area (Å²) in [6.45, 7) is -0.359. The van der Waals surface area contributed by atoms with Crippen LogP contribution in [0.3, 0.4) is 0 Å². The van der Waals surface area contributed by atoms with Crippen molar-refractivity contribution in [3.05, 3.63) is 41.2 Å². The Morgan fingerprint density at radius 3 is 2.45 bits per heavy atom. The maximum Gasteiger partial charge on any atom is 0.262 e. The van der Waals surface area contributed by atoms with E-state index in [1.54, 1.807) is 28.8 Å². The van der Waals surface area contributed by atoms with E-state index in [1.165, 1.54) is 30.6 Å². The molecule has 1 N–H and O–H groups in total. The Morgan fingerprint density at radius 1 is 1.07 bits per heavy atom. The standard InChI is InChI=1S/C19H18N6O3S/c26-14(10-24-16(27)12-8-4-5-9-13(12)17(24)28)20-18-23-25-15(21-22-19(25)29-18)11-6-2-1-3-7-11/h4-5,8-9,11H,1-3,6-7,10H2,(H,20,23,26). The molecule has 29 heavy (non-hydrogen) atoms. The molecule has 2 aliphatic rings. The molecule has 1 aromatic carbocycles. The van der Waals surface area contributed by atoms with Gasteiger partial charge in [0.2, 0.25) is 16.0 Å². The van der Waals surface area contributed by atoms with Crippen LogP contribution in [0, 0.1) is 0 Å². The minimum Gasteiger partial charge on any atom is -0.299 e. The summed E-state index contributed by atoms with van der Waals surface area (Å²) in [4.78, 5) is 38.8. The van der Waals surface area contributed by atoms with Gasteiger partial charge in [-0.3, -0.25) is 24.6 Å². The van der Waals surface area contributed by atoms with Crippen molar-refractivity contribution >= 4 is 39.2 Å². The normalized spacial score (nSPS) is 17.2. The van der Waals surface area contributed by atoms with E-state index in [-0.39, 0.29) is 6.54 Å². The van der Waals surface area contributed by atoms with Crippen LogP contribution in [0.4, 0.5) is 5.13 Å². The van der Waals surface area contributed by atoms with Crippen molar-refractivity contribution in [1.82, 2.24) is 24.7 Å². The van der Waals surface area contributed by atoms with Gasteiger partial charge in [-0.1, -0.05) is 42.7 Å². The summed E-state index contributed by atoms with van der Waals surface area (Å²) in [5.74, 6) is -0.236. The summed E-state index contributed by atoms with van der Waals surface area (Å²) >= 11 is 1.22. The highest BCUT2D eigenvalue weighted by atomic mass is 32.1. The van der Waals surface area contributed by atoms with Gasteiger partial charge in [0.05, 0.1) is 11.1 Å². The van der Waals surface area contributed by atoms with Crippen LogP contribution in [0.25, 0.3) is 4.96 Å². The number of rotatable bonds is 4. The van der Waals surface area contributed by atoms with Crippen LogP contribution in [0.5, 0.6) is 0 Å². The van der Waals surface area contributed by atoms with Gasteiger partial charge < -0.3 is 0 Å². The Morgan fingerprint density at radius 2 is 1.76 bits per heavy atom. The molecule has 3 amide bonds. The lowest BCUT2D eigenvalue weighted by Crippen LogP contribution is -2.37. The maximum absolute atomic E-state index is 12.5. The van der Waals surface area contributed by atoms with Crippen molar-refractivity contribution in [3.8, 4) is 0 Å². The van der Waals surface area contributed by atoms with E-state index in [1.807, 2.05) is 0 Å². The van der Waals surface area contributed by atoms with E-state index in [0.29, 0.717) is 27.1 Å². The number of amides is 3. The Hall–Kier alpha value is -3.14. The third-order valence-corrected chi connectivity index (χ3v) is 6.23. The number of nitrogens with zero attached hydrogens (tertiary/aromatic N) is 5. The SMILES string of the molecule is O=C(CN1C(=O)c2ccccc2C1=O)Nc1nn2c(C3CCCCC3)nnc2s1. The molecule has 3 aromatic rings. The highest BCUT2D eigenvalue weighted by Crippen LogP contribution is 2.33. The van der Waals surface area contributed by atoms with Crippen LogP contribution in [0.1, 0.15) is 64.6 Å². The van der Waals surface area contributed by atoms with Gasteiger partial charge in [0.15, 0.2) is 5.82 Å². The fraction of sp³-hybridized carbons (Fsp3) is 0.368. The zero-order chi connectivity index (χ0) is 20.0. The van der Waals surface area contributed by atoms with E-state index in [4.69, 9.17) is 0 Å². The maximum atomic E-state index is 12.5. The smallest absolute Gasteiger partial charge is 0.262 e. The van der Waals surface area contributed by atoms with Gasteiger partial charge in [0.1, 0.15) is 6.54 Å². The monoisotopic (exact) mass is 410 g/mol. The topological polar surface area (TPSA) is 110 Å². The van der Waals surface area contributed by atoms with Gasteiger partial charge in [0, 0.05) is 5.92 Å². The van der Waals surface area contributed by atoms with Crippen molar-refractivity contribution in [2.24, 2.45) is 0 Å². The van der Waals surface area contributed by atoms with E-state index in [2.05, 4.69) is 20.6 Å². The summed E-state index contributed by atoms with van der Waals surface area (Å²) in [5, 5.41) is 15.9. The van der Waals surface area contributed by atoms with Crippen molar-refractivity contribution in [2.45, 2.75) is 38.0 Å². The molecule has 1 saturated carbocycles. The molecular formula is C19H18N6O3S. The first-order valence-electron chi connectivity index (χ1n) is 9.59. The molecule has 0 atom stereocenters. The number of carbonyl (C=O) groups is 3. The number of carbonyl (C=O) groups excluding carboxylic acids is 3. The Kier molecular flexibility index (Phi) is 4.35. The average Bonchev–Trinajstić information content (AvgIpc) is 3.37. The molecule has 1 fully saturated rings. The quantitative estimate of drug-likeness (QED) is 0.662. The second-order valence-electron chi connectivity index (χ2n) is 7.28. The molecule has 0 bridgehead atoms. The lowest BCUT2D eigenvalue weighted by molar-refractivity contribution is -0.116. The summed E-state index contributed by atoms with van der Waals surface area (Å²) in [5.41, 5.74) is 0.641. The average molecular weight is 410 g/mol. The summed E-state index contributed by atoms with van der Waals surface area (Å²) < 4.78 is 1.69. The largest absolute Gasteiger partial charge is 0.299 e. The molecule has 148 valence electrons. The number of fused-ring (bicyclic) bond motifs is 2. The molecule has 9 nitrogen and oxygen atoms in total. The predicted octanol–water partition coefficient (Wildman–Crippen LogP) is 2.47. The number of hydrogen-bond acceptors (Lipinski definition) is 7. The number of anilines is 1. The first-order chi connectivity index (χ1) is 14.1. The molecule has 1 aliphatic heterocycles. The van der Waals surface area contributed by atoms with E-state index >= 15 is 0 Å². The van der Waals surface area contributed by atoms with Crippen LogP contribution >= 0.6 is 11.3 Å². The van der Waals surface area contributed by atoms with Crippen molar-refractivity contribution in [1.29, 1.82) is 0 Å². The van der Waals surface area contributed by atoms with Gasteiger partial charge in [-0.2, -0.15) is 4.52 Å². The van der Waals surface area contributed by atoms with Crippen LogP contribution in [-0.4, -0.2) is 49.0 Å². The summed E-state index contributed by atoms with van der Waals surface area (Å²) in [6, 6.07) is 6.56. The number of imide groups is 1. The summed E-state index contributed by atoms with van der Waals surface area (Å²) in [7, 11) is 0. The fourth-order valence-electron chi connectivity index (χ4n) is 3.98. The molecule has 0 saturated heterocycles. The molecule has 0 radical (unpaired) electrons. The first kappa shape index (κ1) is 17.9. The summed E-state index contributed by atoms with van der Waals surface area (Å²) in [6.07, 6.45) is 5.73. The molecule has 10 heteroatoms. The van der Waals surface area contributed by atoms with Crippen LogP contribution in [0.2, 0.25) is 0 Å². The zero-order valence-electron chi connectivity index (χ0n) is 15.5. The third kappa shape index (κ3) is 3.09. The second kappa shape index (κ2) is 7.03. The van der Waals surface area contributed by atoms with Crippen molar-refractivity contribution in [2.75, 3.05) is 11.9 Å². The molecule has 0 unspecified atom stereocenters. The number of benzene rings is 1. The van der Waals surface area contributed by atoms with E-state index in [0.717, 1.165) is 23.6 Å². The van der Waals surface area contributed by atoms with E-state index < -0.39 is 17.7 Å². The highest BCUT2D eigenvalue weighted by molar-refractivity contribution is 7.20.